The van der Waals surface area contributed by atoms with E-state index in [-0.39, 0.29) is 24.0 Å². The van der Waals surface area contributed by atoms with Crippen LogP contribution in [0.1, 0.15) is 19.2 Å². The minimum atomic E-state index is -0.381. The Hall–Kier alpha value is -2.75. The van der Waals surface area contributed by atoms with Crippen molar-refractivity contribution in [2.75, 3.05) is 24.3 Å². The number of rotatable bonds is 8. The molecule has 10 heteroatoms. The maximum atomic E-state index is 12.3. The summed E-state index contributed by atoms with van der Waals surface area (Å²) in [5.74, 6) is 1.62. The molecule has 27 heavy (non-hydrogen) atoms. The number of hydrogen-bond acceptors (Lipinski definition) is 7. The first-order chi connectivity index (χ1) is 13.1. The summed E-state index contributed by atoms with van der Waals surface area (Å²) in [4.78, 5) is 23.2. The lowest BCUT2D eigenvalue weighted by Gasteiger charge is -2.19. The van der Waals surface area contributed by atoms with Gasteiger partial charge >= 0.3 is 0 Å². The predicted molar refractivity (Wildman–Crippen MR) is 100.0 cm³/mol. The van der Waals surface area contributed by atoms with E-state index in [1.54, 1.807) is 18.2 Å². The fraction of sp³-hybridized carbons (Fsp3) is 0.412. The molecule has 0 bridgehead atoms. The fourth-order valence-corrected chi connectivity index (χ4v) is 3.43. The Morgan fingerprint density at radius 1 is 1.26 bits per heavy atom. The van der Waals surface area contributed by atoms with Crippen LogP contribution in [0.3, 0.4) is 0 Å². The SMILES string of the molecule is CCn1c(CCC(N)=O)nnc1SCC(=O)Nc1ccc2c(c1)OCCO2. The van der Waals surface area contributed by atoms with Crippen LogP contribution in [-0.4, -0.2) is 45.5 Å². The highest BCUT2D eigenvalue weighted by molar-refractivity contribution is 7.99. The quantitative estimate of drug-likeness (QED) is 0.649. The van der Waals surface area contributed by atoms with Crippen LogP contribution in [0.25, 0.3) is 0 Å². The molecule has 1 aliphatic heterocycles. The van der Waals surface area contributed by atoms with Gasteiger partial charge in [-0.05, 0) is 19.1 Å². The number of aromatic nitrogens is 3. The summed E-state index contributed by atoms with van der Waals surface area (Å²) in [5.41, 5.74) is 5.82. The third-order valence-electron chi connectivity index (χ3n) is 3.86. The van der Waals surface area contributed by atoms with Gasteiger partial charge in [0.15, 0.2) is 16.7 Å². The van der Waals surface area contributed by atoms with Crippen LogP contribution in [0.15, 0.2) is 23.4 Å². The Labute approximate surface area is 160 Å². The molecule has 3 N–H and O–H groups in total. The summed E-state index contributed by atoms with van der Waals surface area (Å²) >= 11 is 1.29. The maximum Gasteiger partial charge on any atom is 0.234 e. The molecule has 0 atom stereocenters. The Morgan fingerprint density at radius 2 is 2.04 bits per heavy atom. The van der Waals surface area contributed by atoms with Gasteiger partial charge < -0.3 is 25.1 Å². The van der Waals surface area contributed by atoms with E-state index in [9.17, 15) is 9.59 Å². The number of fused-ring (bicyclic) bond motifs is 1. The minimum Gasteiger partial charge on any atom is -0.486 e. The number of ether oxygens (including phenoxy) is 2. The normalized spacial score (nSPS) is 12.6. The van der Waals surface area contributed by atoms with E-state index in [1.807, 2.05) is 11.5 Å². The van der Waals surface area contributed by atoms with Gasteiger partial charge in [-0.25, -0.2) is 0 Å². The van der Waals surface area contributed by atoms with Gasteiger partial charge in [0, 0.05) is 31.1 Å². The molecule has 144 valence electrons. The largest absolute Gasteiger partial charge is 0.486 e. The van der Waals surface area contributed by atoms with Gasteiger partial charge in [-0.3, -0.25) is 9.59 Å². The van der Waals surface area contributed by atoms with Crippen LogP contribution in [0, 0.1) is 0 Å². The summed E-state index contributed by atoms with van der Waals surface area (Å²) in [6, 6.07) is 5.29. The maximum absolute atomic E-state index is 12.3. The second-order valence-corrected chi connectivity index (χ2v) is 6.75. The highest BCUT2D eigenvalue weighted by Crippen LogP contribution is 2.32. The van der Waals surface area contributed by atoms with E-state index in [0.29, 0.717) is 54.3 Å². The zero-order valence-electron chi connectivity index (χ0n) is 14.9. The molecule has 2 aromatic rings. The van der Waals surface area contributed by atoms with Crippen molar-refractivity contribution in [3.05, 3.63) is 24.0 Å². The van der Waals surface area contributed by atoms with Gasteiger partial charge in [0.25, 0.3) is 0 Å². The third kappa shape index (κ3) is 4.91. The van der Waals surface area contributed by atoms with Crippen LogP contribution >= 0.6 is 11.8 Å². The van der Waals surface area contributed by atoms with E-state index in [2.05, 4.69) is 15.5 Å². The summed E-state index contributed by atoms with van der Waals surface area (Å²) in [7, 11) is 0. The van der Waals surface area contributed by atoms with Crippen molar-refractivity contribution in [2.45, 2.75) is 31.5 Å². The number of thioether (sulfide) groups is 1. The number of benzene rings is 1. The molecule has 9 nitrogen and oxygen atoms in total. The van der Waals surface area contributed by atoms with Gasteiger partial charge in [-0.1, -0.05) is 11.8 Å². The molecule has 3 rings (SSSR count). The molecule has 0 radical (unpaired) electrons. The van der Waals surface area contributed by atoms with E-state index in [1.165, 1.54) is 11.8 Å². The molecule has 0 saturated heterocycles. The summed E-state index contributed by atoms with van der Waals surface area (Å²) < 4.78 is 12.9. The smallest absolute Gasteiger partial charge is 0.234 e. The predicted octanol–water partition coefficient (Wildman–Crippen LogP) is 1.22. The highest BCUT2D eigenvalue weighted by atomic mass is 32.2. The van der Waals surface area contributed by atoms with Gasteiger partial charge in [-0.2, -0.15) is 0 Å². The molecular weight excluding hydrogens is 370 g/mol. The van der Waals surface area contributed by atoms with Gasteiger partial charge in [0.1, 0.15) is 19.0 Å². The van der Waals surface area contributed by atoms with Gasteiger partial charge in [0.2, 0.25) is 11.8 Å². The first-order valence-corrected chi connectivity index (χ1v) is 9.58. The molecule has 0 spiro atoms. The Kier molecular flexibility index (Phi) is 6.17. The van der Waals surface area contributed by atoms with Crippen LogP contribution in [-0.2, 0) is 22.6 Å². The van der Waals surface area contributed by atoms with Crippen LogP contribution in [0.5, 0.6) is 11.5 Å². The molecule has 2 heterocycles. The molecule has 1 aliphatic rings. The number of nitrogens with zero attached hydrogens (tertiary/aromatic N) is 3. The Bertz CT molecular complexity index is 839. The van der Waals surface area contributed by atoms with Crippen molar-refractivity contribution in [1.82, 2.24) is 14.8 Å². The number of carbonyl (C=O) groups excluding carboxylic acids is 2. The van der Waals surface area contributed by atoms with Gasteiger partial charge in [-0.15, -0.1) is 10.2 Å². The van der Waals surface area contributed by atoms with Crippen molar-refractivity contribution in [1.29, 1.82) is 0 Å². The van der Waals surface area contributed by atoms with E-state index in [4.69, 9.17) is 15.2 Å². The van der Waals surface area contributed by atoms with Crippen LogP contribution < -0.4 is 20.5 Å². The minimum absolute atomic E-state index is 0.166. The average Bonchev–Trinajstić information content (AvgIpc) is 3.06. The monoisotopic (exact) mass is 391 g/mol. The lowest BCUT2D eigenvalue weighted by molar-refractivity contribution is -0.118. The Balaban J connectivity index is 1.57. The summed E-state index contributed by atoms with van der Waals surface area (Å²) in [6.45, 7) is 3.61. The zero-order chi connectivity index (χ0) is 19.2. The zero-order valence-corrected chi connectivity index (χ0v) is 15.8. The molecule has 0 saturated carbocycles. The van der Waals surface area contributed by atoms with Crippen molar-refractivity contribution in [2.24, 2.45) is 5.73 Å². The van der Waals surface area contributed by atoms with Crippen molar-refractivity contribution in [3.8, 4) is 11.5 Å². The molecule has 1 aromatic carbocycles. The van der Waals surface area contributed by atoms with E-state index in [0.717, 1.165) is 0 Å². The number of nitrogens with two attached hydrogens (primary N) is 1. The summed E-state index contributed by atoms with van der Waals surface area (Å²) in [6.07, 6.45) is 0.646. The lowest BCUT2D eigenvalue weighted by Crippen LogP contribution is -2.17. The molecule has 0 fully saturated rings. The van der Waals surface area contributed by atoms with E-state index < -0.39 is 0 Å². The number of anilines is 1. The van der Waals surface area contributed by atoms with Crippen molar-refractivity contribution < 1.29 is 19.1 Å². The van der Waals surface area contributed by atoms with Crippen LogP contribution in [0.2, 0.25) is 0 Å². The molecule has 1 aromatic heterocycles. The molecule has 0 unspecified atom stereocenters. The number of carbonyl (C=O) groups is 2. The van der Waals surface area contributed by atoms with Crippen molar-refractivity contribution >= 4 is 29.3 Å². The number of amides is 2. The number of aryl methyl sites for hydroxylation is 1. The van der Waals surface area contributed by atoms with E-state index >= 15 is 0 Å². The Morgan fingerprint density at radius 3 is 2.78 bits per heavy atom. The molecule has 0 aliphatic carbocycles. The second kappa shape index (κ2) is 8.76. The second-order valence-electron chi connectivity index (χ2n) is 5.80. The standard InChI is InChI=1S/C17H21N5O4S/c1-2-22-15(6-5-14(18)23)20-21-17(22)27-10-16(24)19-11-3-4-12-13(9-11)26-8-7-25-12/h3-4,9H,2,5-8,10H2,1H3,(H2,18,23)(H,19,24). The molecular formula is C17H21N5O4S. The number of nitrogens with one attached hydrogen (secondary N) is 1. The number of primary amides is 1. The lowest BCUT2D eigenvalue weighted by atomic mass is 10.2. The summed E-state index contributed by atoms with van der Waals surface area (Å²) in [5, 5.41) is 11.7. The first-order valence-electron chi connectivity index (χ1n) is 8.59. The average molecular weight is 391 g/mol. The van der Waals surface area contributed by atoms with Gasteiger partial charge in [0.05, 0.1) is 5.75 Å². The van der Waals surface area contributed by atoms with Crippen LogP contribution in [0.4, 0.5) is 5.69 Å². The highest BCUT2D eigenvalue weighted by Gasteiger charge is 2.15. The first kappa shape index (κ1) is 19.0. The van der Waals surface area contributed by atoms with Crippen molar-refractivity contribution in [3.63, 3.8) is 0 Å². The number of hydrogen-bond donors (Lipinski definition) is 2. The molecule has 2 amide bonds. The third-order valence-corrected chi connectivity index (χ3v) is 4.83. The topological polar surface area (TPSA) is 121 Å². The fourth-order valence-electron chi connectivity index (χ4n) is 2.61.